The van der Waals surface area contributed by atoms with Crippen LogP contribution in [0.1, 0.15) is 13.3 Å². The van der Waals surface area contributed by atoms with Crippen molar-refractivity contribution in [3.8, 4) is 0 Å². The van der Waals surface area contributed by atoms with Gasteiger partial charge in [-0.25, -0.2) is 0 Å². The van der Waals surface area contributed by atoms with Gasteiger partial charge in [0.05, 0.1) is 5.75 Å². The van der Waals surface area contributed by atoms with Crippen molar-refractivity contribution < 1.29 is 17.8 Å². The summed E-state index contributed by atoms with van der Waals surface area (Å²) >= 11 is 0. The van der Waals surface area contributed by atoms with Gasteiger partial charge in [0.15, 0.2) is 0 Å². The van der Waals surface area contributed by atoms with Gasteiger partial charge < -0.3 is 4.90 Å². The van der Waals surface area contributed by atoms with E-state index in [-0.39, 0.29) is 18.1 Å². The standard InChI is InChI=1S/C7H15NO4S/c1-7(9)3-4-8(2)5-6-13(10,11)12/h3-6H2,1-2H3,(H,10,11,12). The molecule has 0 unspecified atom stereocenters. The molecule has 0 aromatic heterocycles. The first-order valence-corrected chi connectivity index (χ1v) is 5.55. The Morgan fingerprint density at radius 2 is 1.92 bits per heavy atom. The summed E-state index contributed by atoms with van der Waals surface area (Å²) < 4.78 is 29.1. The molecule has 6 heteroatoms. The Kier molecular flexibility index (Phi) is 5.12. The molecule has 0 spiro atoms. The molecule has 0 aromatic carbocycles. The van der Waals surface area contributed by atoms with Crippen LogP contribution in [0.4, 0.5) is 0 Å². The number of hydrogen-bond donors (Lipinski definition) is 1. The average Bonchev–Trinajstić information content (AvgIpc) is 1.95. The molecule has 0 bridgehead atoms. The second-order valence-corrected chi connectivity index (χ2v) is 4.61. The highest BCUT2D eigenvalue weighted by molar-refractivity contribution is 7.85. The summed E-state index contributed by atoms with van der Waals surface area (Å²) in [6, 6.07) is 0. The molecule has 78 valence electrons. The number of carbonyl (C=O) groups excluding carboxylic acids is 1. The van der Waals surface area contributed by atoms with Crippen molar-refractivity contribution in [1.82, 2.24) is 4.90 Å². The summed E-state index contributed by atoms with van der Waals surface area (Å²) in [5, 5.41) is 0. The lowest BCUT2D eigenvalue weighted by Crippen LogP contribution is -2.27. The van der Waals surface area contributed by atoms with E-state index in [1.165, 1.54) is 6.92 Å². The molecule has 13 heavy (non-hydrogen) atoms. The second-order valence-electron chi connectivity index (χ2n) is 3.04. The van der Waals surface area contributed by atoms with Crippen molar-refractivity contribution in [3.05, 3.63) is 0 Å². The first-order valence-electron chi connectivity index (χ1n) is 3.94. The van der Waals surface area contributed by atoms with Crippen molar-refractivity contribution >= 4 is 15.9 Å². The fourth-order valence-corrected chi connectivity index (χ4v) is 1.27. The molecule has 0 saturated heterocycles. The molecule has 0 heterocycles. The summed E-state index contributed by atoms with van der Waals surface area (Å²) in [7, 11) is -2.18. The zero-order valence-electron chi connectivity index (χ0n) is 7.86. The molecule has 0 radical (unpaired) electrons. The van der Waals surface area contributed by atoms with Crippen LogP contribution in [0.15, 0.2) is 0 Å². The largest absolute Gasteiger partial charge is 0.305 e. The lowest BCUT2D eigenvalue weighted by atomic mass is 10.3. The highest BCUT2D eigenvalue weighted by Crippen LogP contribution is 1.90. The van der Waals surface area contributed by atoms with E-state index in [4.69, 9.17) is 4.55 Å². The zero-order valence-corrected chi connectivity index (χ0v) is 8.67. The fraction of sp³-hybridized carbons (Fsp3) is 0.857. The Hall–Kier alpha value is -0.460. The normalized spacial score (nSPS) is 12.0. The predicted octanol–water partition coefficient (Wildman–Crippen LogP) is -0.215. The van der Waals surface area contributed by atoms with E-state index in [1.54, 1.807) is 11.9 Å². The van der Waals surface area contributed by atoms with Crippen LogP contribution in [0.3, 0.4) is 0 Å². The van der Waals surface area contributed by atoms with Gasteiger partial charge in [-0.3, -0.25) is 9.35 Å². The smallest absolute Gasteiger partial charge is 0.266 e. The highest BCUT2D eigenvalue weighted by atomic mass is 32.2. The van der Waals surface area contributed by atoms with Gasteiger partial charge in [-0.1, -0.05) is 0 Å². The van der Waals surface area contributed by atoms with Crippen LogP contribution in [0.25, 0.3) is 0 Å². The van der Waals surface area contributed by atoms with E-state index in [1.807, 2.05) is 0 Å². The molecule has 0 aliphatic heterocycles. The van der Waals surface area contributed by atoms with Crippen LogP contribution in [-0.2, 0) is 14.9 Å². The molecule has 0 amide bonds. The third kappa shape index (κ3) is 9.45. The topological polar surface area (TPSA) is 74.7 Å². The molecular weight excluding hydrogens is 194 g/mol. The number of hydrogen-bond acceptors (Lipinski definition) is 4. The van der Waals surface area contributed by atoms with Gasteiger partial charge in [-0.05, 0) is 14.0 Å². The van der Waals surface area contributed by atoms with Crippen LogP contribution >= 0.6 is 0 Å². The molecule has 5 nitrogen and oxygen atoms in total. The lowest BCUT2D eigenvalue weighted by molar-refractivity contribution is -0.117. The van der Waals surface area contributed by atoms with Gasteiger partial charge >= 0.3 is 0 Å². The van der Waals surface area contributed by atoms with E-state index in [9.17, 15) is 13.2 Å². The van der Waals surface area contributed by atoms with Crippen molar-refractivity contribution in [2.24, 2.45) is 0 Å². The summed E-state index contributed by atoms with van der Waals surface area (Å²) in [4.78, 5) is 12.2. The quantitative estimate of drug-likeness (QED) is 0.612. The molecule has 0 fully saturated rings. The van der Waals surface area contributed by atoms with E-state index in [0.717, 1.165) is 0 Å². The van der Waals surface area contributed by atoms with Crippen molar-refractivity contribution in [2.45, 2.75) is 13.3 Å². The molecule has 0 saturated carbocycles. The molecule has 0 atom stereocenters. The van der Waals surface area contributed by atoms with Crippen LogP contribution in [0, 0.1) is 0 Å². The number of ketones is 1. The van der Waals surface area contributed by atoms with Crippen LogP contribution < -0.4 is 0 Å². The fourth-order valence-electron chi connectivity index (χ4n) is 0.731. The summed E-state index contributed by atoms with van der Waals surface area (Å²) in [6.45, 7) is 2.24. The number of carbonyl (C=O) groups is 1. The second kappa shape index (κ2) is 5.31. The van der Waals surface area contributed by atoms with Gasteiger partial charge in [0.1, 0.15) is 5.78 Å². The van der Waals surface area contributed by atoms with Crippen molar-refractivity contribution in [1.29, 1.82) is 0 Å². The average molecular weight is 209 g/mol. The van der Waals surface area contributed by atoms with Gasteiger partial charge in [-0.15, -0.1) is 0 Å². The molecule has 1 N–H and O–H groups in total. The van der Waals surface area contributed by atoms with E-state index < -0.39 is 10.1 Å². The van der Waals surface area contributed by atoms with Crippen LogP contribution in [-0.4, -0.2) is 49.5 Å². The Balaban J connectivity index is 3.64. The van der Waals surface area contributed by atoms with Gasteiger partial charge in [0, 0.05) is 19.5 Å². The molecule has 0 aliphatic carbocycles. The summed E-state index contributed by atoms with van der Waals surface area (Å²) in [5.41, 5.74) is 0. The van der Waals surface area contributed by atoms with E-state index in [0.29, 0.717) is 13.0 Å². The van der Waals surface area contributed by atoms with E-state index in [2.05, 4.69) is 0 Å². The molecule has 0 aliphatic rings. The maximum Gasteiger partial charge on any atom is 0.266 e. The number of Topliss-reactive ketones (excluding diaryl/α,β-unsaturated/α-hetero) is 1. The van der Waals surface area contributed by atoms with Crippen molar-refractivity contribution in [2.75, 3.05) is 25.9 Å². The minimum Gasteiger partial charge on any atom is -0.305 e. The third-order valence-corrected chi connectivity index (χ3v) is 2.28. The lowest BCUT2D eigenvalue weighted by Gasteiger charge is -2.13. The Morgan fingerprint density at radius 1 is 1.38 bits per heavy atom. The first-order chi connectivity index (χ1) is 5.81. The summed E-state index contributed by atoms with van der Waals surface area (Å²) in [6.07, 6.45) is 0.405. The van der Waals surface area contributed by atoms with Gasteiger partial charge in [-0.2, -0.15) is 8.42 Å². The predicted molar refractivity (Wildman–Crippen MR) is 49.2 cm³/mol. The number of nitrogens with zero attached hydrogens (tertiary/aromatic N) is 1. The minimum absolute atomic E-state index is 0.0682. The number of rotatable bonds is 6. The van der Waals surface area contributed by atoms with Gasteiger partial charge in [0.25, 0.3) is 10.1 Å². The van der Waals surface area contributed by atoms with Crippen LogP contribution in [0.5, 0.6) is 0 Å². The maximum atomic E-state index is 10.6. The van der Waals surface area contributed by atoms with Gasteiger partial charge in [0.2, 0.25) is 0 Å². The van der Waals surface area contributed by atoms with Crippen molar-refractivity contribution in [3.63, 3.8) is 0 Å². The maximum absolute atomic E-state index is 10.6. The summed E-state index contributed by atoms with van der Waals surface area (Å²) in [5.74, 6) is -0.222. The molecule has 0 aromatic rings. The Labute approximate surface area is 78.5 Å². The molecule has 0 rings (SSSR count). The third-order valence-electron chi connectivity index (χ3n) is 1.58. The minimum atomic E-state index is -3.88. The Morgan fingerprint density at radius 3 is 2.31 bits per heavy atom. The monoisotopic (exact) mass is 209 g/mol. The Bertz CT molecular complexity index is 260. The SMILES string of the molecule is CC(=O)CCN(C)CCS(=O)(=O)O. The highest BCUT2D eigenvalue weighted by Gasteiger charge is 2.07. The van der Waals surface area contributed by atoms with E-state index >= 15 is 0 Å². The first kappa shape index (κ1) is 12.5. The van der Waals surface area contributed by atoms with Crippen LogP contribution in [0.2, 0.25) is 0 Å². The molecular formula is C7H15NO4S. The zero-order chi connectivity index (χ0) is 10.5.